The Morgan fingerprint density at radius 2 is 1.86 bits per heavy atom. The number of para-hydroxylation sites is 1. The predicted molar refractivity (Wildman–Crippen MR) is 110 cm³/mol. The smallest absolute Gasteiger partial charge is 0.293 e. The first kappa shape index (κ1) is 20.4. The number of hydrogen-bond acceptors (Lipinski definition) is 6. The number of rotatable bonds is 9. The van der Waals surface area contributed by atoms with E-state index in [1.165, 1.54) is 12.1 Å². The predicted octanol–water partition coefficient (Wildman–Crippen LogP) is 4.42. The average molecular weight is 415 g/mol. The number of nitrogens with zero attached hydrogens (tertiary/aromatic N) is 1. The van der Waals surface area contributed by atoms with Crippen molar-refractivity contribution in [2.75, 3.05) is 10.0 Å². The van der Waals surface area contributed by atoms with Crippen molar-refractivity contribution in [1.82, 2.24) is 0 Å². The van der Waals surface area contributed by atoms with E-state index >= 15 is 0 Å². The van der Waals surface area contributed by atoms with Gasteiger partial charge in [0.2, 0.25) is 0 Å². The molecule has 0 saturated carbocycles. The SMILES string of the molecule is C[C@H](CCc1ccco1)Nc1ccc(S(=O)(=O)Nc2ccccc2)cc1[N+](=O)[O-]. The fourth-order valence-electron chi connectivity index (χ4n) is 2.82. The molecule has 1 atom stereocenters. The summed E-state index contributed by atoms with van der Waals surface area (Å²) in [5.41, 5.74) is 0.343. The van der Waals surface area contributed by atoms with Gasteiger partial charge < -0.3 is 9.73 Å². The molecule has 3 rings (SSSR count). The van der Waals surface area contributed by atoms with Gasteiger partial charge in [0.25, 0.3) is 15.7 Å². The van der Waals surface area contributed by atoms with Crippen molar-refractivity contribution in [2.45, 2.75) is 30.7 Å². The highest BCUT2D eigenvalue weighted by Gasteiger charge is 2.22. The second kappa shape index (κ2) is 8.78. The summed E-state index contributed by atoms with van der Waals surface area (Å²) in [5.74, 6) is 0.835. The molecule has 0 bridgehead atoms. The van der Waals surface area contributed by atoms with Gasteiger partial charge in [0.05, 0.1) is 16.1 Å². The van der Waals surface area contributed by atoms with Gasteiger partial charge in [-0.1, -0.05) is 18.2 Å². The van der Waals surface area contributed by atoms with Crippen LogP contribution < -0.4 is 10.0 Å². The van der Waals surface area contributed by atoms with Crippen LogP contribution in [-0.2, 0) is 16.4 Å². The van der Waals surface area contributed by atoms with Gasteiger partial charge in [-0.15, -0.1) is 0 Å². The monoisotopic (exact) mass is 415 g/mol. The molecule has 0 aliphatic carbocycles. The van der Waals surface area contributed by atoms with Crippen molar-refractivity contribution < 1.29 is 17.8 Å². The van der Waals surface area contributed by atoms with Crippen LogP contribution in [0.1, 0.15) is 19.1 Å². The number of benzene rings is 2. The molecule has 1 aromatic heterocycles. The van der Waals surface area contributed by atoms with Gasteiger partial charge in [0.15, 0.2) is 0 Å². The minimum Gasteiger partial charge on any atom is -0.469 e. The molecule has 0 fully saturated rings. The lowest BCUT2D eigenvalue weighted by atomic mass is 10.1. The summed E-state index contributed by atoms with van der Waals surface area (Å²) >= 11 is 0. The van der Waals surface area contributed by atoms with Gasteiger partial charge in [-0.3, -0.25) is 14.8 Å². The molecule has 2 N–H and O–H groups in total. The van der Waals surface area contributed by atoms with Crippen molar-refractivity contribution in [2.24, 2.45) is 0 Å². The summed E-state index contributed by atoms with van der Waals surface area (Å²) in [6.45, 7) is 1.90. The Morgan fingerprint density at radius 3 is 2.52 bits per heavy atom. The fraction of sp³-hybridized carbons (Fsp3) is 0.200. The van der Waals surface area contributed by atoms with Gasteiger partial charge in [0.1, 0.15) is 11.4 Å². The first-order valence-electron chi connectivity index (χ1n) is 9.00. The highest BCUT2D eigenvalue weighted by Crippen LogP contribution is 2.29. The van der Waals surface area contributed by atoms with Crippen LogP contribution >= 0.6 is 0 Å². The Bertz CT molecular complexity index is 1070. The average Bonchev–Trinajstić information content (AvgIpc) is 3.20. The zero-order chi connectivity index (χ0) is 20.9. The quantitative estimate of drug-likeness (QED) is 0.395. The van der Waals surface area contributed by atoms with Crippen LogP contribution in [0.5, 0.6) is 0 Å². The van der Waals surface area contributed by atoms with Crippen LogP contribution in [0.3, 0.4) is 0 Å². The number of hydrogen-bond donors (Lipinski definition) is 2. The summed E-state index contributed by atoms with van der Waals surface area (Å²) in [4.78, 5) is 10.7. The van der Waals surface area contributed by atoms with E-state index in [9.17, 15) is 18.5 Å². The van der Waals surface area contributed by atoms with E-state index in [1.807, 2.05) is 13.0 Å². The number of nitro benzene ring substituents is 1. The third-order valence-corrected chi connectivity index (χ3v) is 5.69. The summed E-state index contributed by atoms with van der Waals surface area (Å²) in [5, 5.41) is 14.6. The van der Waals surface area contributed by atoms with Crippen LogP contribution in [0, 0.1) is 10.1 Å². The van der Waals surface area contributed by atoms with Crippen LogP contribution in [0.4, 0.5) is 17.1 Å². The fourth-order valence-corrected chi connectivity index (χ4v) is 3.90. The molecule has 0 spiro atoms. The normalized spacial score (nSPS) is 12.3. The van der Waals surface area contributed by atoms with E-state index in [-0.39, 0.29) is 22.3 Å². The van der Waals surface area contributed by atoms with E-state index < -0.39 is 14.9 Å². The van der Waals surface area contributed by atoms with Gasteiger partial charge in [0, 0.05) is 24.2 Å². The maximum atomic E-state index is 12.6. The summed E-state index contributed by atoms with van der Waals surface area (Å²) in [6, 6.07) is 15.8. The minimum absolute atomic E-state index is 0.0799. The lowest BCUT2D eigenvalue weighted by molar-refractivity contribution is -0.384. The van der Waals surface area contributed by atoms with Crippen molar-refractivity contribution in [3.63, 3.8) is 0 Å². The van der Waals surface area contributed by atoms with Gasteiger partial charge in [-0.25, -0.2) is 8.42 Å². The number of sulfonamides is 1. The Balaban J connectivity index is 1.76. The number of furan rings is 1. The molecule has 0 radical (unpaired) electrons. The number of nitro groups is 1. The molecule has 29 heavy (non-hydrogen) atoms. The summed E-state index contributed by atoms with van der Waals surface area (Å²) in [7, 11) is -3.95. The molecule has 0 aliphatic rings. The number of anilines is 2. The molecule has 3 aromatic rings. The van der Waals surface area contributed by atoms with E-state index in [4.69, 9.17) is 4.42 Å². The Hall–Kier alpha value is -3.33. The maximum Gasteiger partial charge on any atom is 0.293 e. The Labute approximate surface area is 168 Å². The van der Waals surface area contributed by atoms with Crippen LogP contribution in [0.2, 0.25) is 0 Å². The van der Waals surface area contributed by atoms with Crippen LogP contribution in [0.15, 0.2) is 76.2 Å². The molecule has 0 unspecified atom stereocenters. The number of nitrogens with one attached hydrogen (secondary N) is 2. The van der Waals surface area contributed by atoms with E-state index in [0.717, 1.165) is 11.8 Å². The minimum atomic E-state index is -3.95. The lowest BCUT2D eigenvalue weighted by Gasteiger charge is -2.15. The van der Waals surface area contributed by atoms with Crippen LogP contribution in [0.25, 0.3) is 0 Å². The Morgan fingerprint density at radius 1 is 1.10 bits per heavy atom. The number of aryl methyl sites for hydroxylation is 1. The molecule has 0 saturated heterocycles. The maximum absolute atomic E-state index is 12.6. The van der Waals surface area contributed by atoms with Gasteiger partial charge in [-0.05, 0) is 49.7 Å². The third kappa shape index (κ3) is 5.35. The molecule has 0 aliphatic heterocycles. The second-order valence-corrected chi connectivity index (χ2v) is 8.25. The van der Waals surface area contributed by atoms with Gasteiger partial charge >= 0.3 is 0 Å². The molecule has 0 amide bonds. The largest absolute Gasteiger partial charge is 0.469 e. The highest BCUT2D eigenvalue weighted by atomic mass is 32.2. The molecule has 152 valence electrons. The molecule has 8 nitrogen and oxygen atoms in total. The summed E-state index contributed by atoms with van der Waals surface area (Å²) < 4.78 is 32.9. The van der Waals surface area contributed by atoms with Crippen molar-refractivity contribution in [1.29, 1.82) is 0 Å². The van der Waals surface area contributed by atoms with Gasteiger partial charge in [-0.2, -0.15) is 0 Å². The standard InChI is InChI=1S/C20H21N3O5S/c1-15(9-10-17-8-5-13-28-17)21-19-12-11-18(14-20(19)23(24)25)29(26,27)22-16-6-3-2-4-7-16/h2-8,11-15,21-22H,9-10H2,1H3/t15-/m1/s1. The van der Waals surface area contributed by atoms with Crippen LogP contribution in [-0.4, -0.2) is 19.4 Å². The van der Waals surface area contributed by atoms with Crippen molar-refractivity contribution in [3.05, 3.63) is 82.8 Å². The third-order valence-electron chi connectivity index (χ3n) is 4.31. The summed E-state index contributed by atoms with van der Waals surface area (Å²) in [6.07, 6.45) is 2.98. The lowest BCUT2D eigenvalue weighted by Crippen LogP contribution is -2.18. The van der Waals surface area contributed by atoms with E-state index in [0.29, 0.717) is 18.5 Å². The Kier molecular flexibility index (Phi) is 6.18. The van der Waals surface area contributed by atoms with Crippen molar-refractivity contribution >= 4 is 27.1 Å². The first-order valence-corrected chi connectivity index (χ1v) is 10.5. The zero-order valence-corrected chi connectivity index (χ0v) is 16.6. The molecular formula is C20H21N3O5S. The first-order chi connectivity index (χ1) is 13.8. The van der Waals surface area contributed by atoms with Crippen molar-refractivity contribution in [3.8, 4) is 0 Å². The molecule has 9 heteroatoms. The molecule has 1 heterocycles. The van der Waals surface area contributed by atoms with E-state index in [1.54, 1.807) is 42.7 Å². The molecular weight excluding hydrogens is 394 g/mol. The molecule has 2 aromatic carbocycles. The van der Waals surface area contributed by atoms with E-state index in [2.05, 4.69) is 10.0 Å². The second-order valence-electron chi connectivity index (χ2n) is 6.57. The highest BCUT2D eigenvalue weighted by molar-refractivity contribution is 7.92. The topological polar surface area (TPSA) is 114 Å². The zero-order valence-electron chi connectivity index (χ0n) is 15.7.